The van der Waals surface area contributed by atoms with E-state index in [4.69, 9.17) is 4.74 Å². The van der Waals surface area contributed by atoms with E-state index < -0.39 is 29.5 Å². The van der Waals surface area contributed by atoms with Crippen molar-refractivity contribution in [2.24, 2.45) is 5.92 Å². The fourth-order valence-corrected chi connectivity index (χ4v) is 2.61. The van der Waals surface area contributed by atoms with Gasteiger partial charge in [-0.15, -0.1) is 0 Å². The molecule has 0 N–H and O–H groups in total. The largest absolute Gasteiger partial charge is 0.354 e. The highest BCUT2D eigenvalue weighted by Gasteiger charge is 2.66. The molecule has 1 amide bonds. The minimum Gasteiger partial charge on any atom is -0.354 e. The van der Waals surface area contributed by atoms with E-state index in [1.165, 1.54) is 4.90 Å². The van der Waals surface area contributed by atoms with E-state index in [1.807, 2.05) is 0 Å². The SMILES string of the molecule is CC[C@H]1[C@H]2COC(C)(C)N2C(=O)C1(F)F. The van der Waals surface area contributed by atoms with Crippen LogP contribution in [0.15, 0.2) is 0 Å². The first-order valence-corrected chi connectivity index (χ1v) is 5.18. The molecule has 2 fully saturated rings. The first-order valence-electron chi connectivity index (χ1n) is 5.18. The molecular weight excluding hydrogens is 204 g/mol. The average Bonchev–Trinajstić information content (AvgIpc) is 2.50. The van der Waals surface area contributed by atoms with Crippen molar-refractivity contribution in [1.29, 1.82) is 0 Å². The topological polar surface area (TPSA) is 29.5 Å². The lowest BCUT2D eigenvalue weighted by Crippen LogP contribution is -2.46. The van der Waals surface area contributed by atoms with Crippen LogP contribution in [0, 0.1) is 5.92 Å². The fraction of sp³-hybridized carbons (Fsp3) is 0.900. The summed E-state index contributed by atoms with van der Waals surface area (Å²) >= 11 is 0. The van der Waals surface area contributed by atoms with Crippen molar-refractivity contribution in [3.8, 4) is 0 Å². The molecule has 0 unspecified atom stereocenters. The molecule has 0 aromatic heterocycles. The molecule has 2 heterocycles. The van der Waals surface area contributed by atoms with Crippen LogP contribution in [0.3, 0.4) is 0 Å². The molecule has 3 nitrogen and oxygen atoms in total. The third kappa shape index (κ3) is 1.22. The van der Waals surface area contributed by atoms with Gasteiger partial charge in [-0.25, -0.2) is 0 Å². The summed E-state index contributed by atoms with van der Waals surface area (Å²) < 4.78 is 32.6. The highest BCUT2D eigenvalue weighted by Crippen LogP contribution is 2.47. The van der Waals surface area contributed by atoms with Crippen molar-refractivity contribution in [3.63, 3.8) is 0 Å². The fourth-order valence-electron chi connectivity index (χ4n) is 2.61. The van der Waals surface area contributed by atoms with E-state index in [0.717, 1.165) is 0 Å². The Morgan fingerprint density at radius 3 is 2.67 bits per heavy atom. The minimum atomic E-state index is -3.22. The number of fused-ring (bicyclic) bond motifs is 1. The lowest BCUT2D eigenvalue weighted by atomic mass is 9.95. The molecule has 2 saturated heterocycles. The van der Waals surface area contributed by atoms with Gasteiger partial charge in [-0.3, -0.25) is 4.79 Å². The molecule has 0 radical (unpaired) electrons. The Morgan fingerprint density at radius 1 is 1.53 bits per heavy atom. The lowest BCUT2D eigenvalue weighted by molar-refractivity contribution is -0.164. The number of nitrogens with zero attached hydrogens (tertiary/aromatic N) is 1. The van der Waals surface area contributed by atoms with Crippen LogP contribution in [0.2, 0.25) is 0 Å². The van der Waals surface area contributed by atoms with E-state index in [0.29, 0.717) is 6.42 Å². The second kappa shape index (κ2) is 2.90. The maximum absolute atomic E-state index is 13.6. The summed E-state index contributed by atoms with van der Waals surface area (Å²) in [5.74, 6) is -5.21. The van der Waals surface area contributed by atoms with Crippen LogP contribution < -0.4 is 0 Å². The summed E-state index contributed by atoms with van der Waals surface area (Å²) in [6, 6.07) is -0.465. The second-order valence-electron chi connectivity index (χ2n) is 4.64. The first kappa shape index (κ1) is 10.8. The molecule has 0 aromatic rings. The molecular formula is C10H15F2NO2. The maximum atomic E-state index is 13.6. The quantitative estimate of drug-likeness (QED) is 0.670. The Kier molecular flexibility index (Phi) is 2.09. The number of carbonyl (C=O) groups excluding carboxylic acids is 1. The normalized spacial score (nSPS) is 37.1. The standard InChI is InChI=1S/C10H15F2NO2/c1-4-6-7-5-15-9(2,3)13(7)8(14)10(6,11)12/h6-7H,4-5H2,1-3H3/t6-,7+/m0/s1. The monoisotopic (exact) mass is 219 g/mol. The number of hydrogen-bond donors (Lipinski definition) is 0. The van der Waals surface area contributed by atoms with Crippen molar-refractivity contribution < 1.29 is 18.3 Å². The van der Waals surface area contributed by atoms with Gasteiger partial charge in [0.05, 0.1) is 18.6 Å². The van der Waals surface area contributed by atoms with Gasteiger partial charge in [-0.2, -0.15) is 8.78 Å². The average molecular weight is 219 g/mol. The van der Waals surface area contributed by atoms with Gasteiger partial charge in [-0.1, -0.05) is 6.92 Å². The molecule has 0 aliphatic carbocycles. The van der Waals surface area contributed by atoms with Crippen molar-refractivity contribution in [2.75, 3.05) is 6.61 Å². The van der Waals surface area contributed by atoms with Crippen molar-refractivity contribution in [2.45, 2.75) is 44.9 Å². The van der Waals surface area contributed by atoms with Crippen LogP contribution in [0.1, 0.15) is 27.2 Å². The van der Waals surface area contributed by atoms with Gasteiger partial charge in [0.2, 0.25) is 0 Å². The molecule has 15 heavy (non-hydrogen) atoms. The zero-order chi connectivity index (χ0) is 11.4. The Balaban J connectivity index is 2.39. The maximum Gasteiger partial charge on any atom is 0.329 e. The predicted molar refractivity (Wildman–Crippen MR) is 49.4 cm³/mol. The smallest absolute Gasteiger partial charge is 0.329 e. The zero-order valence-corrected chi connectivity index (χ0v) is 9.09. The predicted octanol–water partition coefficient (Wildman–Crippen LogP) is 1.62. The summed E-state index contributed by atoms with van der Waals surface area (Å²) in [6.45, 7) is 5.20. The van der Waals surface area contributed by atoms with Crippen LogP contribution in [0.4, 0.5) is 8.78 Å². The van der Waals surface area contributed by atoms with Gasteiger partial charge in [0, 0.05) is 0 Å². The molecule has 2 rings (SSSR count). The Bertz CT molecular complexity index is 304. The van der Waals surface area contributed by atoms with Crippen LogP contribution in [-0.2, 0) is 9.53 Å². The summed E-state index contributed by atoms with van der Waals surface area (Å²) in [4.78, 5) is 12.8. The Labute approximate surface area is 87.4 Å². The van der Waals surface area contributed by atoms with Gasteiger partial charge < -0.3 is 9.64 Å². The molecule has 0 spiro atoms. The van der Waals surface area contributed by atoms with Crippen molar-refractivity contribution in [1.82, 2.24) is 4.90 Å². The van der Waals surface area contributed by atoms with Crippen LogP contribution >= 0.6 is 0 Å². The molecule has 0 aromatic carbocycles. The molecule has 2 aliphatic heterocycles. The van der Waals surface area contributed by atoms with Crippen molar-refractivity contribution >= 4 is 5.91 Å². The number of amides is 1. The molecule has 86 valence electrons. The van der Waals surface area contributed by atoms with E-state index >= 15 is 0 Å². The van der Waals surface area contributed by atoms with Gasteiger partial charge in [0.15, 0.2) is 0 Å². The van der Waals surface area contributed by atoms with E-state index in [-0.39, 0.29) is 6.61 Å². The Hall–Kier alpha value is -0.710. The van der Waals surface area contributed by atoms with Gasteiger partial charge in [-0.05, 0) is 20.3 Å². The highest BCUT2D eigenvalue weighted by molar-refractivity contribution is 5.87. The summed E-state index contributed by atoms with van der Waals surface area (Å²) in [5, 5.41) is 0. The van der Waals surface area contributed by atoms with Crippen LogP contribution in [-0.4, -0.2) is 35.1 Å². The third-order valence-corrected chi connectivity index (χ3v) is 3.39. The first-order chi connectivity index (χ1) is 6.82. The van der Waals surface area contributed by atoms with Gasteiger partial charge >= 0.3 is 5.92 Å². The van der Waals surface area contributed by atoms with Gasteiger partial charge in [0.25, 0.3) is 5.91 Å². The molecule has 2 atom stereocenters. The van der Waals surface area contributed by atoms with E-state index in [2.05, 4.69) is 0 Å². The number of rotatable bonds is 1. The van der Waals surface area contributed by atoms with Crippen molar-refractivity contribution in [3.05, 3.63) is 0 Å². The number of hydrogen-bond acceptors (Lipinski definition) is 2. The minimum absolute atomic E-state index is 0.215. The third-order valence-electron chi connectivity index (χ3n) is 3.39. The van der Waals surface area contributed by atoms with E-state index in [9.17, 15) is 13.6 Å². The summed E-state index contributed by atoms with van der Waals surface area (Å²) in [6.07, 6.45) is 0.291. The second-order valence-corrected chi connectivity index (χ2v) is 4.64. The van der Waals surface area contributed by atoms with Gasteiger partial charge in [0.1, 0.15) is 5.72 Å². The Morgan fingerprint density at radius 2 is 2.13 bits per heavy atom. The molecule has 0 saturated carbocycles. The number of carbonyl (C=O) groups is 1. The highest BCUT2D eigenvalue weighted by atomic mass is 19.3. The van der Waals surface area contributed by atoms with Crippen LogP contribution in [0.25, 0.3) is 0 Å². The molecule has 5 heteroatoms. The number of halogens is 2. The number of alkyl halides is 2. The summed E-state index contributed by atoms with van der Waals surface area (Å²) in [7, 11) is 0. The molecule has 0 bridgehead atoms. The zero-order valence-electron chi connectivity index (χ0n) is 9.09. The summed E-state index contributed by atoms with van der Waals surface area (Å²) in [5.41, 5.74) is -0.894. The lowest BCUT2D eigenvalue weighted by Gasteiger charge is -2.29. The van der Waals surface area contributed by atoms with Crippen LogP contribution in [0.5, 0.6) is 0 Å². The van der Waals surface area contributed by atoms with E-state index in [1.54, 1.807) is 20.8 Å². The number of ether oxygens (including phenoxy) is 1. The molecule has 2 aliphatic rings.